The Labute approximate surface area is 157 Å². The van der Waals surface area contributed by atoms with E-state index < -0.39 is 4.92 Å². The van der Waals surface area contributed by atoms with Crippen LogP contribution in [0.4, 0.5) is 11.4 Å². The maximum absolute atomic E-state index is 11.3. The largest absolute Gasteiger partial charge is 0.369 e. The molecule has 0 spiro atoms. The van der Waals surface area contributed by atoms with E-state index in [9.17, 15) is 10.1 Å². The second kappa shape index (κ2) is 8.15. The number of nitro groups is 1. The van der Waals surface area contributed by atoms with Gasteiger partial charge in [-0.15, -0.1) is 0 Å². The van der Waals surface area contributed by atoms with Gasteiger partial charge in [0.2, 0.25) is 0 Å². The van der Waals surface area contributed by atoms with Gasteiger partial charge in [0.1, 0.15) is 5.69 Å². The third-order valence-corrected chi connectivity index (χ3v) is 4.35. The fourth-order valence-electron chi connectivity index (χ4n) is 2.94. The monoisotopic (exact) mass is 361 g/mol. The number of H-pyrrole nitrogens is 1. The Morgan fingerprint density at radius 1 is 1.22 bits per heavy atom. The van der Waals surface area contributed by atoms with Gasteiger partial charge in [0.25, 0.3) is 5.69 Å². The van der Waals surface area contributed by atoms with Crippen molar-refractivity contribution in [2.24, 2.45) is 0 Å². The van der Waals surface area contributed by atoms with Gasteiger partial charge in [-0.1, -0.05) is 30.3 Å². The lowest BCUT2D eigenvalue weighted by atomic mass is 10.1. The minimum absolute atomic E-state index is 0.0514. The van der Waals surface area contributed by atoms with Gasteiger partial charge in [-0.3, -0.25) is 15.2 Å². The predicted octanol–water partition coefficient (Wildman–Crippen LogP) is 3.93. The van der Waals surface area contributed by atoms with Crippen LogP contribution in [0.15, 0.2) is 54.6 Å². The van der Waals surface area contributed by atoms with Gasteiger partial charge in [-0.25, -0.2) is 0 Å². The highest BCUT2D eigenvalue weighted by Crippen LogP contribution is 2.28. The first-order valence-electron chi connectivity index (χ1n) is 8.58. The van der Waals surface area contributed by atoms with E-state index >= 15 is 0 Å². The van der Waals surface area contributed by atoms with Gasteiger partial charge in [0, 0.05) is 30.9 Å². The fraction of sp³-hybridized carbons (Fsp3) is 0.200. The summed E-state index contributed by atoms with van der Waals surface area (Å²) >= 11 is 0. The number of anilines is 1. The van der Waals surface area contributed by atoms with Gasteiger partial charge < -0.3 is 4.90 Å². The molecule has 7 nitrogen and oxygen atoms in total. The van der Waals surface area contributed by atoms with Gasteiger partial charge >= 0.3 is 0 Å². The van der Waals surface area contributed by atoms with Crippen molar-refractivity contribution in [3.8, 4) is 17.3 Å². The van der Waals surface area contributed by atoms with Gasteiger partial charge in [0.05, 0.1) is 22.2 Å². The van der Waals surface area contributed by atoms with E-state index in [0.717, 1.165) is 29.8 Å². The third kappa shape index (κ3) is 4.30. The molecule has 27 heavy (non-hydrogen) atoms. The minimum Gasteiger partial charge on any atom is -0.369 e. The Bertz CT molecular complexity index is 976. The van der Waals surface area contributed by atoms with Crippen LogP contribution >= 0.6 is 0 Å². The molecule has 136 valence electrons. The zero-order chi connectivity index (χ0) is 19.2. The lowest BCUT2D eigenvalue weighted by Crippen LogP contribution is -2.20. The summed E-state index contributed by atoms with van der Waals surface area (Å²) in [6.07, 6.45) is 1.60. The van der Waals surface area contributed by atoms with E-state index in [2.05, 4.69) is 10.2 Å². The number of hydrogen-bond acceptors (Lipinski definition) is 5. The first-order valence-corrected chi connectivity index (χ1v) is 8.58. The Morgan fingerprint density at radius 2 is 2.00 bits per heavy atom. The molecule has 0 saturated carbocycles. The van der Waals surface area contributed by atoms with Crippen LogP contribution in [-0.4, -0.2) is 28.7 Å². The topological polar surface area (TPSA) is 98.8 Å². The molecule has 3 rings (SSSR count). The van der Waals surface area contributed by atoms with E-state index in [1.807, 2.05) is 54.4 Å². The summed E-state index contributed by atoms with van der Waals surface area (Å²) in [5, 5.41) is 27.6. The summed E-state index contributed by atoms with van der Waals surface area (Å²) in [5.41, 5.74) is 3.73. The summed E-state index contributed by atoms with van der Waals surface area (Å²) in [5.74, 6) is 0. The normalized spacial score (nSPS) is 10.4. The second-order valence-electron chi connectivity index (χ2n) is 6.24. The maximum Gasteiger partial charge on any atom is 0.293 e. The first-order chi connectivity index (χ1) is 13.1. The molecule has 0 unspecified atom stereocenters. The average Bonchev–Trinajstić information content (AvgIpc) is 3.17. The zero-order valence-corrected chi connectivity index (χ0v) is 14.9. The molecule has 0 bridgehead atoms. The molecule has 3 aromatic rings. The SMILES string of the molecule is CN(CCCc1cc(-c2ccccc2)n[nH]1)c1ccc(C#N)cc1[N+](=O)[O-]. The molecule has 1 heterocycles. The molecule has 0 atom stereocenters. The lowest BCUT2D eigenvalue weighted by molar-refractivity contribution is -0.384. The van der Waals surface area contributed by atoms with E-state index in [-0.39, 0.29) is 11.3 Å². The van der Waals surface area contributed by atoms with Crippen LogP contribution in [0.1, 0.15) is 17.7 Å². The van der Waals surface area contributed by atoms with Crippen LogP contribution in [0.3, 0.4) is 0 Å². The van der Waals surface area contributed by atoms with Crippen LogP contribution in [0, 0.1) is 21.4 Å². The molecular formula is C20H19N5O2. The van der Waals surface area contributed by atoms with Crippen molar-refractivity contribution >= 4 is 11.4 Å². The third-order valence-electron chi connectivity index (χ3n) is 4.35. The van der Waals surface area contributed by atoms with Crippen LogP contribution in [0.2, 0.25) is 0 Å². The highest BCUT2D eigenvalue weighted by atomic mass is 16.6. The number of hydrogen-bond donors (Lipinski definition) is 1. The molecule has 1 N–H and O–H groups in total. The number of aryl methyl sites for hydroxylation is 1. The smallest absolute Gasteiger partial charge is 0.293 e. The molecule has 0 aliphatic carbocycles. The number of aromatic amines is 1. The molecule has 0 radical (unpaired) electrons. The number of nitrogens with zero attached hydrogens (tertiary/aromatic N) is 4. The van der Waals surface area contributed by atoms with Gasteiger partial charge in [0.15, 0.2) is 0 Å². The number of aromatic nitrogens is 2. The van der Waals surface area contributed by atoms with Crippen molar-refractivity contribution in [3.63, 3.8) is 0 Å². The Kier molecular flexibility index (Phi) is 5.47. The van der Waals surface area contributed by atoms with Crippen molar-refractivity contribution < 1.29 is 4.92 Å². The van der Waals surface area contributed by atoms with Crippen LogP contribution < -0.4 is 4.90 Å². The standard InChI is InChI=1S/C20H19N5O2/c1-24(19-10-9-15(14-21)12-20(19)25(26)27)11-5-8-17-13-18(23-22-17)16-6-3-2-4-7-16/h2-4,6-7,9-10,12-13H,5,8,11H2,1H3,(H,22,23). The molecular weight excluding hydrogens is 342 g/mol. The molecule has 0 amide bonds. The number of rotatable bonds is 7. The van der Waals surface area contributed by atoms with E-state index in [1.54, 1.807) is 12.1 Å². The van der Waals surface area contributed by atoms with Gasteiger partial charge in [-0.05, 0) is 31.0 Å². The van der Waals surface area contributed by atoms with Crippen molar-refractivity contribution in [1.82, 2.24) is 10.2 Å². The second-order valence-corrected chi connectivity index (χ2v) is 6.24. The zero-order valence-electron chi connectivity index (χ0n) is 14.9. The fourth-order valence-corrected chi connectivity index (χ4v) is 2.94. The number of nitro benzene ring substituents is 1. The van der Waals surface area contributed by atoms with Crippen LogP contribution in [0.5, 0.6) is 0 Å². The van der Waals surface area contributed by atoms with E-state index in [0.29, 0.717) is 12.2 Å². The number of benzene rings is 2. The van der Waals surface area contributed by atoms with Crippen molar-refractivity contribution in [1.29, 1.82) is 5.26 Å². The summed E-state index contributed by atoms with van der Waals surface area (Å²) in [6, 6.07) is 18.4. The molecule has 2 aromatic carbocycles. The van der Waals surface area contributed by atoms with Crippen molar-refractivity contribution in [2.45, 2.75) is 12.8 Å². The van der Waals surface area contributed by atoms with Gasteiger partial charge in [-0.2, -0.15) is 10.4 Å². The number of nitrogens with one attached hydrogen (secondary N) is 1. The molecule has 7 heteroatoms. The number of nitriles is 1. The summed E-state index contributed by atoms with van der Waals surface area (Å²) < 4.78 is 0. The van der Waals surface area contributed by atoms with E-state index in [4.69, 9.17) is 5.26 Å². The lowest BCUT2D eigenvalue weighted by Gasteiger charge is -2.19. The Balaban J connectivity index is 1.62. The quantitative estimate of drug-likeness (QED) is 0.508. The molecule has 0 fully saturated rings. The molecule has 0 aliphatic heterocycles. The Hall–Kier alpha value is -3.66. The summed E-state index contributed by atoms with van der Waals surface area (Å²) in [4.78, 5) is 12.7. The summed E-state index contributed by atoms with van der Waals surface area (Å²) in [6.45, 7) is 0.645. The minimum atomic E-state index is -0.451. The average molecular weight is 361 g/mol. The molecule has 0 aliphatic rings. The Morgan fingerprint density at radius 3 is 2.70 bits per heavy atom. The highest BCUT2D eigenvalue weighted by Gasteiger charge is 2.18. The molecule has 1 aromatic heterocycles. The van der Waals surface area contributed by atoms with Crippen LogP contribution in [-0.2, 0) is 6.42 Å². The highest BCUT2D eigenvalue weighted by molar-refractivity contribution is 5.65. The maximum atomic E-state index is 11.3. The van der Waals surface area contributed by atoms with Crippen molar-refractivity contribution in [2.75, 3.05) is 18.5 Å². The van der Waals surface area contributed by atoms with Crippen molar-refractivity contribution in [3.05, 3.63) is 76.0 Å². The first kappa shape index (κ1) is 18.1. The van der Waals surface area contributed by atoms with E-state index in [1.165, 1.54) is 6.07 Å². The van der Waals surface area contributed by atoms with Crippen LogP contribution in [0.25, 0.3) is 11.3 Å². The summed E-state index contributed by atoms with van der Waals surface area (Å²) in [7, 11) is 1.82. The molecule has 0 saturated heterocycles. The predicted molar refractivity (Wildman–Crippen MR) is 103 cm³/mol.